The summed E-state index contributed by atoms with van der Waals surface area (Å²) in [5, 5.41) is 5.85. The van der Waals surface area contributed by atoms with Crippen LogP contribution in [0.15, 0.2) is 42.6 Å². The summed E-state index contributed by atoms with van der Waals surface area (Å²) in [6.45, 7) is 2.80. The third-order valence-corrected chi connectivity index (χ3v) is 3.19. The third kappa shape index (κ3) is 4.84. The molecular formula is C17H20FN3O. The topological polar surface area (TPSA) is 54.0 Å². The van der Waals surface area contributed by atoms with E-state index in [1.165, 1.54) is 18.3 Å². The predicted molar refractivity (Wildman–Crippen MR) is 85.8 cm³/mol. The Bertz CT molecular complexity index is 614. The highest BCUT2D eigenvalue weighted by Gasteiger charge is 2.05. The van der Waals surface area contributed by atoms with Gasteiger partial charge in [-0.1, -0.05) is 25.8 Å². The van der Waals surface area contributed by atoms with Crippen LogP contribution in [0.2, 0.25) is 0 Å². The highest BCUT2D eigenvalue weighted by molar-refractivity contribution is 5.94. The maximum Gasteiger partial charge on any atom is 0.252 e. The summed E-state index contributed by atoms with van der Waals surface area (Å²) in [4.78, 5) is 16.1. The van der Waals surface area contributed by atoms with E-state index >= 15 is 0 Å². The molecule has 4 nitrogen and oxygen atoms in total. The summed E-state index contributed by atoms with van der Waals surface area (Å²) < 4.78 is 13.1. The lowest BCUT2D eigenvalue weighted by atomic mass is 10.2. The molecule has 1 amide bonds. The number of hydrogen-bond donors (Lipinski definition) is 2. The Hall–Kier alpha value is -2.43. The van der Waals surface area contributed by atoms with Gasteiger partial charge in [0.05, 0.1) is 5.56 Å². The molecule has 0 unspecified atom stereocenters. The van der Waals surface area contributed by atoms with Gasteiger partial charge in [0.15, 0.2) is 0 Å². The van der Waals surface area contributed by atoms with Crippen LogP contribution in [-0.4, -0.2) is 17.4 Å². The van der Waals surface area contributed by atoms with Crippen molar-refractivity contribution < 1.29 is 9.18 Å². The number of nitrogens with one attached hydrogen (secondary N) is 2. The van der Waals surface area contributed by atoms with Crippen LogP contribution in [0, 0.1) is 5.82 Å². The van der Waals surface area contributed by atoms with E-state index in [-0.39, 0.29) is 11.7 Å². The van der Waals surface area contributed by atoms with E-state index in [2.05, 4.69) is 22.5 Å². The lowest BCUT2D eigenvalue weighted by Gasteiger charge is -2.07. The SMILES string of the molecule is CCCCCNC(=O)c1ccc(Nc2cccc(F)c2)nc1. The highest BCUT2D eigenvalue weighted by atomic mass is 19.1. The Morgan fingerprint density at radius 3 is 2.77 bits per heavy atom. The molecule has 0 atom stereocenters. The summed E-state index contributed by atoms with van der Waals surface area (Å²) in [5.41, 5.74) is 1.13. The van der Waals surface area contributed by atoms with Crippen LogP contribution in [0.5, 0.6) is 0 Å². The van der Waals surface area contributed by atoms with Gasteiger partial charge in [0.2, 0.25) is 0 Å². The molecule has 0 radical (unpaired) electrons. The van der Waals surface area contributed by atoms with Gasteiger partial charge in [0.1, 0.15) is 11.6 Å². The van der Waals surface area contributed by atoms with Gasteiger partial charge in [-0.05, 0) is 36.8 Å². The van der Waals surface area contributed by atoms with Crippen molar-refractivity contribution >= 4 is 17.4 Å². The zero-order chi connectivity index (χ0) is 15.8. The molecule has 1 aromatic heterocycles. The second-order valence-electron chi connectivity index (χ2n) is 5.03. The van der Waals surface area contributed by atoms with E-state index in [0.717, 1.165) is 19.3 Å². The van der Waals surface area contributed by atoms with Crippen LogP contribution < -0.4 is 10.6 Å². The molecule has 22 heavy (non-hydrogen) atoms. The molecule has 1 aromatic carbocycles. The molecule has 0 aliphatic carbocycles. The van der Waals surface area contributed by atoms with Crippen LogP contribution in [0.25, 0.3) is 0 Å². The number of halogens is 1. The molecule has 0 fully saturated rings. The molecular weight excluding hydrogens is 281 g/mol. The molecule has 2 aromatic rings. The fourth-order valence-corrected chi connectivity index (χ4v) is 2.00. The smallest absolute Gasteiger partial charge is 0.252 e. The van der Waals surface area contributed by atoms with Gasteiger partial charge < -0.3 is 10.6 Å². The summed E-state index contributed by atoms with van der Waals surface area (Å²) >= 11 is 0. The fourth-order valence-electron chi connectivity index (χ4n) is 2.00. The molecule has 1 heterocycles. The van der Waals surface area contributed by atoms with Crippen LogP contribution in [0.4, 0.5) is 15.9 Å². The van der Waals surface area contributed by atoms with Crippen molar-refractivity contribution in [1.82, 2.24) is 10.3 Å². The van der Waals surface area contributed by atoms with Gasteiger partial charge in [-0.3, -0.25) is 4.79 Å². The number of pyridine rings is 1. The molecule has 0 saturated carbocycles. The highest BCUT2D eigenvalue weighted by Crippen LogP contribution is 2.15. The monoisotopic (exact) mass is 301 g/mol. The molecule has 0 saturated heterocycles. The van der Waals surface area contributed by atoms with E-state index in [0.29, 0.717) is 23.6 Å². The van der Waals surface area contributed by atoms with Gasteiger partial charge >= 0.3 is 0 Å². The Balaban J connectivity index is 1.91. The maximum atomic E-state index is 13.1. The van der Waals surface area contributed by atoms with E-state index in [1.807, 2.05) is 0 Å². The first-order chi connectivity index (χ1) is 10.7. The maximum absolute atomic E-state index is 13.1. The number of hydrogen-bond acceptors (Lipinski definition) is 3. The number of amides is 1. The number of benzene rings is 1. The van der Waals surface area contributed by atoms with Crippen molar-refractivity contribution in [2.75, 3.05) is 11.9 Å². The number of carbonyl (C=O) groups excluding carboxylic acids is 1. The Morgan fingerprint density at radius 2 is 2.09 bits per heavy atom. The van der Waals surface area contributed by atoms with Gasteiger partial charge in [-0.15, -0.1) is 0 Å². The molecule has 0 aliphatic rings. The van der Waals surface area contributed by atoms with Crippen molar-refractivity contribution in [3.8, 4) is 0 Å². The van der Waals surface area contributed by atoms with Gasteiger partial charge in [0, 0.05) is 18.4 Å². The summed E-state index contributed by atoms with van der Waals surface area (Å²) in [6, 6.07) is 9.53. The Labute approximate surface area is 129 Å². The second-order valence-corrected chi connectivity index (χ2v) is 5.03. The first kappa shape index (κ1) is 15.9. The Morgan fingerprint density at radius 1 is 1.23 bits per heavy atom. The molecule has 116 valence electrons. The lowest BCUT2D eigenvalue weighted by molar-refractivity contribution is 0.0952. The second kappa shape index (κ2) is 8.12. The largest absolute Gasteiger partial charge is 0.352 e. The van der Waals surface area contributed by atoms with E-state index in [4.69, 9.17) is 0 Å². The van der Waals surface area contributed by atoms with Gasteiger partial charge in [0.25, 0.3) is 5.91 Å². The van der Waals surface area contributed by atoms with Crippen LogP contribution >= 0.6 is 0 Å². The summed E-state index contributed by atoms with van der Waals surface area (Å²) in [6.07, 6.45) is 4.72. The number of unbranched alkanes of at least 4 members (excludes halogenated alkanes) is 2. The summed E-state index contributed by atoms with van der Waals surface area (Å²) in [7, 11) is 0. The minimum atomic E-state index is -0.312. The van der Waals surface area contributed by atoms with Crippen LogP contribution in [-0.2, 0) is 0 Å². The van der Waals surface area contributed by atoms with Crippen molar-refractivity contribution in [2.45, 2.75) is 26.2 Å². The number of carbonyl (C=O) groups is 1. The first-order valence-electron chi connectivity index (χ1n) is 7.46. The molecule has 2 N–H and O–H groups in total. The molecule has 2 rings (SSSR count). The standard InChI is InChI=1S/C17H20FN3O/c1-2-3-4-10-19-17(22)13-8-9-16(20-12-13)21-15-7-5-6-14(18)11-15/h5-9,11-12H,2-4,10H2,1H3,(H,19,22)(H,20,21). The average molecular weight is 301 g/mol. The number of aromatic nitrogens is 1. The zero-order valence-electron chi connectivity index (χ0n) is 12.6. The molecule has 5 heteroatoms. The fraction of sp³-hybridized carbons (Fsp3) is 0.294. The van der Waals surface area contributed by atoms with Gasteiger partial charge in [-0.2, -0.15) is 0 Å². The minimum Gasteiger partial charge on any atom is -0.352 e. The number of anilines is 2. The van der Waals surface area contributed by atoms with Crippen molar-refractivity contribution in [1.29, 1.82) is 0 Å². The summed E-state index contributed by atoms with van der Waals surface area (Å²) in [5.74, 6) is 0.127. The molecule has 0 aliphatic heterocycles. The van der Waals surface area contributed by atoms with Crippen molar-refractivity contribution in [3.05, 3.63) is 54.0 Å². The minimum absolute atomic E-state index is 0.124. The zero-order valence-corrected chi connectivity index (χ0v) is 12.6. The Kier molecular flexibility index (Phi) is 5.89. The molecule has 0 spiro atoms. The van der Waals surface area contributed by atoms with Crippen molar-refractivity contribution in [3.63, 3.8) is 0 Å². The number of nitrogens with zero attached hydrogens (tertiary/aromatic N) is 1. The van der Waals surface area contributed by atoms with Gasteiger partial charge in [-0.25, -0.2) is 9.37 Å². The van der Waals surface area contributed by atoms with E-state index < -0.39 is 0 Å². The predicted octanol–water partition coefficient (Wildman–Crippen LogP) is 3.88. The normalized spacial score (nSPS) is 10.3. The number of rotatable bonds is 7. The van der Waals surface area contributed by atoms with Crippen molar-refractivity contribution in [2.24, 2.45) is 0 Å². The quantitative estimate of drug-likeness (QED) is 0.763. The van der Waals surface area contributed by atoms with Crippen LogP contribution in [0.1, 0.15) is 36.5 Å². The van der Waals surface area contributed by atoms with E-state index in [9.17, 15) is 9.18 Å². The first-order valence-corrected chi connectivity index (χ1v) is 7.46. The van der Waals surface area contributed by atoms with Crippen LogP contribution in [0.3, 0.4) is 0 Å². The van der Waals surface area contributed by atoms with E-state index in [1.54, 1.807) is 24.3 Å². The third-order valence-electron chi connectivity index (χ3n) is 3.19. The molecule has 0 bridgehead atoms. The lowest BCUT2D eigenvalue weighted by Crippen LogP contribution is -2.24. The average Bonchev–Trinajstić information content (AvgIpc) is 2.52.